The van der Waals surface area contributed by atoms with E-state index in [2.05, 4.69) is 52.1 Å². The summed E-state index contributed by atoms with van der Waals surface area (Å²) in [5.41, 5.74) is 5.81. The van der Waals surface area contributed by atoms with Crippen molar-refractivity contribution in [1.82, 2.24) is 10.2 Å². The quantitative estimate of drug-likeness (QED) is 0.773. The fourth-order valence-electron chi connectivity index (χ4n) is 1.75. The van der Waals surface area contributed by atoms with Crippen molar-refractivity contribution in [3.05, 3.63) is 20.8 Å². The Morgan fingerprint density at radius 2 is 2.12 bits per heavy atom. The van der Waals surface area contributed by atoms with E-state index >= 15 is 0 Å². The molecule has 0 fully saturated rings. The van der Waals surface area contributed by atoms with Gasteiger partial charge in [0, 0.05) is 24.5 Å². The first-order valence-electron chi connectivity index (χ1n) is 6.12. The second-order valence-electron chi connectivity index (χ2n) is 3.91. The van der Waals surface area contributed by atoms with Gasteiger partial charge in [-0.25, -0.2) is 0 Å². The lowest BCUT2D eigenvalue weighted by atomic mass is 10.2. The van der Waals surface area contributed by atoms with Crippen LogP contribution in [0.15, 0.2) is 15.9 Å². The number of nitrogens with zero attached hydrogens (tertiary/aromatic N) is 1. The summed E-state index contributed by atoms with van der Waals surface area (Å²) in [5, 5.41) is 3.52. The van der Waals surface area contributed by atoms with E-state index in [1.807, 2.05) is 0 Å². The lowest BCUT2D eigenvalue weighted by molar-refractivity contribution is 0.297. The summed E-state index contributed by atoms with van der Waals surface area (Å²) >= 11 is 5.24. The van der Waals surface area contributed by atoms with E-state index in [0.717, 1.165) is 30.0 Å². The summed E-state index contributed by atoms with van der Waals surface area (Å²) in [4.78, 5) is 3.71. The van der Waals surface area contributed by atoms with Gasteiger partial charge in [0.2, 0.25) is 0 Å². The number of nitrogens with one attached hydrogen (secondary N) is 1. The lowest BCUT2D eigenvalue weighted by Gasteiger charge is -2.21. The molecule has 1 aromatic heterocycles. The average molecular weight is 320 g/mol. The van der Waals surface area contributed by atoms with E-state index in [-0.39, 0.29) is 6.04 Å². The molecule has 0 spiro atoms. The molecule has 5 heteroatoms. The molecular weight excluding hydrogens is 298 g/mol. The molecule has 0 aliphatic heterocycles. The Balaban J connectivity index is 2.38. The molecule has 0 saturated heterocycles. The number of thiophene rings is 1. The van der Waals surface area contributed by atoms with Crippen LogP contribution in [0.4, 0.5) is 0 Å². The predicted molar refractivity (Wildman–Crippen MR) is 79.6 cm³/mol. The van der Waals surface area contributed by atoms with E-state index in [1.165, 1.54) is 4.88 Å². The van der Waals surface area contributed by atoms with Crippen molar-refractivity contribution in [3.63, 3.8) is 0 Å². The molecule has 0 saturated carbocycles. The highest BCUT2D eigenvalue weighted by Gasteiger charge is 2.11. The van der Waals surface area contributed by atoms with Crippen LogP contribution in [0.3, 0.4) is 0 Å². The van der Waals surface area contributed by atoms with Gasteiger partial charge < -0.3 is 16.0 Å². The molecule has 1 unspecified atom stereocenters. The number of hydrogen-bond donors (Lipinski definition) is 2. The smallest absolute Gasteiger partial charge is 0.0702 e. The maximum Gasteiger partial charge on any atom is 0.0702 e. The van der Waals surface area contributed by atoms with Gasteiger partial charge in [-0.3, -0.25) is 0 Å². The summed E-state index contributed by atoms with van der Waals surface area (Å²) in [6.45, 7) is 9.31. The molecule has 0 aliphatic carbocycles. The van der Waals surface area contributed by atoms with E-state index in [1.54, 1.807) is 11.3 Å². The molecule has 0 amide bonds. The molecule has 17 heavy (non-hydrogen) atoms. The number of halogens is 1. The first-order valence-corrected chi connectivity index (χ1v) is 7.73. The first kappa shape index (κ1) is 15.1. The third-order valence-corrected chi connectivity index (χ3v) is 4.62. The second-order valence-corrected chi connectivity index (χ2v) is 6.41. The lowest BCUT2D eigenvalue weighted by Crippen LogP contribution is -2.35. The van der Waals surface area contributed by atoms with Crippen LogP contribution in [0.1, 0.15) is 24.8 Å². The van der Waals surface area contributed by atoms with Gasteiger partial charge in [-0.15, -0.1) is 11.3 Å². The maximum atomic E-state index is 5.81. The van der Waals surface area contributed by atoms with Gasteiger partial charge in [0.1, 0.15) is 0 Å². The van der Waals surface area contributed by atoms with Gasteiger partial charge in [0.05, 0.1) is 9.83 Å². The second kappa shape index (κ2) is 8.21. The molecule has 1 atom stereocenters. The Morgan fingerprint density at radius 1 is 1.41 bits per heavy atom. The third-order valence-electron chi connectivity index (χ3n) is 2.89. The molecule has 1 rings (SSSR count). The fraction of sp³-hybridized carbons (Fsp3) is 0.667. The van der Waals surface area contributed by atoms with Crippen molar-refractivity contribution in [2.24, 2.45) is 5.73 Å². The molecule has 0 aliphatic rings. The van der Waals surface area contributed by atoms with E-state index in [9.17, 15) is 0 Å². The number of likely N-dealkylation sites (N-methyl/N-ethyl adjacent to an activating group) is 1. The van der Waals surface area contributed by atoms with Crippen LogP contribution in [0.5, 0.6) is 0 Å². The highest BCUT2D eigenvalue weighted by molar-refractivity contribution is 9.11. The number of hydrogen-bond acceptors (Lipinski definition) is 4. The molecule has 3 N–H and O–H groups in total. The molecule has 0 aromatic carbocycles. The van der Waals surface area contributed by atoms with Gasteiger partial charge in [-0.2, -0.15) is 0 Å². The van der Waals surface area contributed by atoms with Crippen LogP contribution in [-0.4, -0.2) is 37.6 Å². The zero-order valence-electron chi connectivity index (χ0n) is 10.6. The van der Waals surface area contributed by atoms with Crippen LogP contribution in [0, 0.1) is 0 Å². The zero-order chi connectivity index (χ0) is 12.7. The van der Waals surface area contributed by atoms with Crippen LogP contribution in [-0.2, 0) is 0 Å². The van der Waals surface area contributed by atoms with Gasteiger partial charge in [0.25, 0.3) is 0 Å². The largest absolute Gasteiger partial charge is 0.329 e. The van der Waals surface area contributed by atoms with Crippen molar-refractivity contribution < 1.29 is 0 Å². The van der Waals surface area contributed by atoms with E-state index < -0.39 is 0 Å². The Labute approximate surface area is 117 Å². The minimum absolute atomic E-state index is 0.280. The molecule has 1 aromatic rings. The maximum absolute atomic E-state index is 5.81. The highest BCUT2D eigenvalue weighted by atomic mass is 79.9. The average Bonchev–Trinajstić information content (AvgIpc) is 2.76. The standard InChI is InChI=1S/C12H22BrN3S/c1-3-16(4-2)8-7-15-10(9-14)11-5-6-12(13)17-11/h5-6,10,15H,3-4,7-9,14H2,1-2H3. The Kier molecular flexibility index (Phi) is 7.30. The number of rotatable bonds is 8. The minimum Gasteiger partial charge on any atom is -0.329 e. The molecule has 3 nitrogen and oxygen atoms in total. The molecule has 1 heterocycles. The molecule has 0 bridgehead atoms. The molecule has 98 valence electrons. The van der Waals surface area contributed by atoms with Crippen molar-refractivity contribution >= 4 is 27.3 Å². The summed E-state index contributed by atoms with van der Waals surface area (Å²) in [7, 11) is 0. The van der Waals surface area contributed by atoms with Crippen LogP contribution in [0.25, 0.3) is 0 Å². The normalized spacial score (nSPS) is 13.2. The Morgan fingerprint density at radius 3 is 2.59 bits per heavy atom. The zero-order valence-corrected chi connectivity index (χ0v) is 13.0. The van der Waals surface area contributed by atoms with E-state index in [0.29, 0.717) is 6.54 Å². The predicted octanol–water partition coefficient (Wildman–Crippen LogP) is 2.44. The summed E-state index contributed by atoms with van der Waals surface area (Å²) in [6.07, 6.45) is 0. The van der Waals surface area contributed by atoms with Gasteiger partial charge in [0.15, 0.2) is 0 Å². The fourth-order valence-corrected chi connectivity index (χ4v) is 3.26. The Hall–Kier alpha value is 0.0600. The third kappa shape index (κ3) is 5.06. The van der Waals surface area contributed by atoms with Crippen molar-refractivity contribution in [1.29, 1.82) is 0 Å². The van der Waals surface area contributed by atoms with Crippen LogP contribution < -0.4 is 11.1 Å². The van der Waals surface area contributed by atoms with Crippen molar-refractivity contribution in [3.8, 4) is 0 Å². The van der Waals surface area contributed by atoms with Gasteiger partial charge >= 0.3 is 0 Å². The van der Waals surface area contributed by atoms with E-state index in [4.69, 9.17) is 5.73 Å². The summed E-state index contributed by atoms with van der Waals surface area (Å²) < 4.78 is 1.16. The van der Waals surface area contributed by atoms with Crippen LogP contribution in [0.2, 0.25) is 0 Å². The van der Waals surface area contributed by atoms with Crippen molar-refractivity contribution in [2.45, 2.75) is 19.9 Å². The van der Waals surface area contributed by atoms with Gasteiger partial charge in [-0.05, 0) is 41.2 Å². The molecule has 0 radical (unpaired) electrons. The van der Waals surface area contributed by atoms with Crippen molar-refractivity contribution in [2.75, 3.05) is 32.7 Å². The molecular formula is C12H22BrN3S. The summed E-state index contributed by atoms with van der Waals surface area (Å²) in [6, 6.07) is 4.49. The monoisotopic (exact) mass is 319 g/mol. The first-order chi connectivity index (χ1) is 8.21. The topological polar surface area (TPSA) is 41.3 Å². The van der Waals surface area contributed by atoms with Crippen LogP contribution >= 0.6 is 27.3 Å². The summed E-state index contributed by atoms with van der Waals surface area (Å²) in [5.74, 6) is 0. The SMILES string of the molecule is CCN(CC)CCNC(CN)c1ccc(Br)s1. The minimum atomic E-state index is 0.280. The Bertz CT molecular complexity index is 312. The number of nitrogens with two attached hydrogens (primary N) is 1. The highest BCUT2D eigenvalue weighted by Crippen LogP contribution is 2.26. The van der Waals surface area contributed by atoms with Gasteiger partial charge in [-0.1, -0.05) is 13.8 Å².